The van der Waals surface area contributed by atoms with E-state index >= 15 is 0 Å². The SMILES string of the molecule is Cc1ccncc1C1=CCC(N)CC1. The smallest absolute Gasteiger partial charge is 0.0345 e. The van der Waals surface area contributed by atoms with Crippen LogP contribution in [0.2, 0.25) is 0 Å². The van der Waals surface area contributed by atoms with Crippen molar-refractivity contribution in [2.45, 2.75) is 32.2 Å². The van der Waals surface area contributed by atoms with E-state index in [1.165, 1.54) is 16.7 Å². The van der Waals surface area contributed by atoms with E-state index in [1.54, 1.807) is 0 Å². The Bertz CT molecular complexity index is 355. The second-order valence-electron chi connectivity index (χ2n) is 3.95. The van der Waals surface area contributed by atoms with E-state index in [9.17, 15) is 0 Å². The number of hydrogen-bond acceptors (Lipinski definition) is 2. The Morgan fingerprint density at radius 2 is 2.36 bits per heavy atom. The molecule has 1 atom stereocenters. The molecule has 74 valence electrons. The Labute approximate surface area is 84.9 Å². The molecule has 0 fully saturated rings. The average Bonchev–Trinajstić information content (AvgIpc) is 2.20. The third-order valence-corrected chi connectivity index (χ3v) is 2.84. The third-order valence-electron chi connectivity index (χ3n) is 2.84. The van der Waals surface area contributed by atoms with Gasteiger partial charge >= 0.3 is 0 Å². The van der Waals surface area contributed by atoms with Gasteiger partial charge in [0.1, 0.15) is 0 Å². The van der Waals surface area contributed by atoms with E-state index in [1.807, 2.05) is 12.4 Å². The van der Waals surface area contributed by atoms with Crippen molar-refractivity contribution in [3.8, 4) is 0 Å². The van der Waals surface area contributed by atoms with Crippen molar-refractivity contribution in [1.82, 2.24) is 4.98 Å². The molecule has 0 radical (unpaired) electrons. The van der Waals surface area contributed by atoms with Crippen molar-refractivity contribution in [2.75, 3.05) is 0 Å². The molecular formula is C12H16N2. The minimum atomic E-state index is 0.357. The first-order valence-corrected chi connectivity index (χ1v) is 5.13. The lowest BCUT2D eigenvalue weighted by Crippen LogP contribution is -2.21. The van der Waals surface area contributed by atoms with Crippen LogP contribution in [0, 0.1) is 6.92 Å². The summed E-state index contributed by atoms with van der Waals surface area (Å²) in [5, 5.41) is 0. The van der Waals surface area contributed by atoms with Gasteiger partial charge in [-0.1, -0.05) is 6.08 Å². The third kappa shape index (κ3) is 1.85. The number of allylic oxidation sites excluding steroid dienone is 1. The van der Waals surface area contributed by atoms with E-state index < -0.39 is 0 Å². The van der Waals surface area contributed by atoms with Crippen molar-refractivity contribution >= 4 is 5.57 Å². The van der Waals surface area contributed by atoms with Gasteiger partial charge in [0.25, 0.3) is 0 Å². The Morgan fingerprint density at radius 1 is 1.50 bits per heavy atom. The summed E-state index contributed by atoms with van der Waals surface area (Å²) in [6.07, 6.45) is 9.25. The standard InChI is InChI=1S/C12H16N2/c1-9-6-7-14-8-12(9)10-2-4-11(13)5-3-10/h2,6-8,11H,3-5,13H2,1H3. The van der Waals surface area contributed by atoms with Crippen LogP contribution in [0.25, 0.3) is 5.57 Å². The highest BCUT2D eigenvalue weighted by Gasteiger charge is 2.12. The molecule has 0 aromatic carbocycles. The highest BCUT2D eigenvalue weighted by atomic mass is 14.6. The van der Waals surface area contributed by atoms with Gasteiger partial charge in [0.2, 0.25) is 0 Å². The zero-order valence-electron chi connectivity index (χ0n) is 8.53. The second-order valence-corrected chi connectivity index (χ2v) is 3.95. The zero-order chi connectivity index (χ0) is 9.97. The van der Waals surface area contributed by atoms with Crippen molar-refractivity contribution in [2.24, 2.45) is 5.73 Å². The maximum absolute atomic E-state index is 5.85. The summed E-state index contributed by atoms with van der Waals surface area (Å²) in [6, 6.07) is 2.42. The quantitative estimate of drug-likeness (QED) is 0.734. The summed E-state index contributed by atoms with van der Waals surface area (Å²) < 4.78 is 0. The van der Waals surface area contributed by atoms with Crippen LogP contribution in [-0.4, -0.2) is 11.0 Å². The van der Waals surface area contributed by atoms with Crippen molar-refractivity contribution < 1.29 is 0 Å². The molecule has 0 saturated heterocycles. The molecule has 1 aromatic rings. The first-order valence-electron chi connectivity index (χ1n) is 5.13. The van der Waals surface area contributed by atoms with Gasteiger partial charge in [-0.25, -0.2) is 0 Å². The molecule has 1 aliphatic carbocycles. The number of aromatic nitrogens is 1. The maximum atomic E-state index is 5.85. The normalized spacial score (nSPS) is 21.9. The van der Waals surface area contributed by atoms with E-state index in [2.05, 4.69) is 24.1 Å². The van der Waals surface area contributed by atoms with Crippen LogP contribution in [0.5, 0.6) is 0 Å². The molecule has 1 unspecified atom stereocenters. The number of hydrogen-bond donors (Lipinski definition) is 1. The van der Waals surface area contributed by atoms with Gasteiger partial charge in [-0.3, -0.25) is 4.98 Å². The molecule has 2 rings (SSSR count). The molecule has 0 bridgehead atoms. The fourth-order valence-electron chi connectivity index (χ4n) is 1.90. The van der Waals surface area contributed by atoms with Crippen LogP contribution in [-0.2, 0) is 0 Å². The van der Waals surface area contributed by atoms with Gasteiger partial charge in [0, 0.05) is 18.4 Å². The molecule has 1 aromatic heterocycles. The minimum absolute atomic E-state index is 0.357. The van der Waals surface area contributed by atoms with Crippen LogP contribution < -0.4 is 5.73 Å². The molecule has 14 heavy (non-hydrogen) atoms. The molecule has 0 amide bonds. The van der Waals surface area contributed by atoms with Gasteiger partial charge in [-0.05, 0) is 49.0 Å². The summed E-state index contributed by atoms with van der Waals surface area (Å²) in [5.74, 6) is 0. The second kappa shape index (κ2) is 3.93. The van der Waals surface area contributed by atoms with E-state index in [0.29, 0.717) is 6.04 Å². The predicted molar refractivity (Wildman–Crippen MR) is 58.8 cm³/mol. The van der Waals surface area contributed by atoms with Crippen LogP contribution in [0.15, 0.2) is 24.5 Å². The number of rotatable bonds is 1. The topological polar surface area (TPSA) is 38.9 Å². The lowest BCUT2D eigenvalue weighted by Gasteiger charge is -2.19. The van der Waals surface area contributed by atoms with Crippen LogP contribution in [0.4, 0.5) is 0 Å². The predicted octanol–water partition coefficient (Wildman–Crippen LogP) is 2.28. The zero-order valence-corrected chi connectivity index (χ0v) is 8.53. The molecule has 2 N–H and O–H groups in total. The largest absolute Gasteiger partial charge is 0.327 e. The van der Waals surface area contributed by atoms with E-state index in [4.69, 9.17) is 5.73 Å². The molecule has 2 nitrogen and oxygen atoms in total. The van der Waals surface area contributed by atoms with E-state index in [-0.39, 0.29) is 0 Å². The van der Waals surface area contributed by atoms with Crippen molar-refractivity contribution in [1.29, 1.82) is 0 Å². The lowest BCUT2D eigenvalue weighted by molar-refractivity contribution is 0.614. The molecule has 1 heterocycles. The first-order chi connectivity index (χ1) is 6.77. The molecule has 2 heteroatoms. The Balaban J connectivity index is 2.28. The number of pyridine rings is 1. The average molecular weight is 188 g/mol. The van der Waals surface area contributed by atoms with Crippen molar-refractivity contribution in [3.63, 3.8) is 0 Å². The molecule has 0 saturated carbocycles. The number of nitrogens with two attached hydrogens (primary N) is 1. The van der Waals surface area contributed by atoms with Crippen LogP contribution in [0.1, 0.15) is 30.4 Å². The maximum Gasteiger partial charge on any atom is 0.0345 e. The summed E-state index contributed by atoms with van der Waals surface area (Å²) in [6.45, 7) is 2.13. The number of aryl methyl sites for hydroxylation is 1. The Hall–Kier alpha value is -1.15. The van der Waals surface area contributed by atoms with E-state index in [0.717, 1.165) is 19.3 Å². The minimum Gasteiger partial charge on any atom is -0.327 e. The van der Waals surface area contributed by atoms with Gasteiger partial charge in [-0.2, -0.15) is 0 Å². The summed E-state index contributed by atoms with van der Waals surface area (Å²) in [4.78, 5) is 4.17. The molecule has 1 aliphatic rings. The Morgan fingerprint density at radius 3 is 3.00 bits per heavy atom. The van der Waals surface area contributed by atoms with Gasteiger partial charge < -0.3 is 5.73 Å². The highest BCUT2D eigenvalue weighted by molar-refractivity contribution is 5.68. The van der Waals surface area contributed by atoms with Crippen LogP contribution >= 0.6 is 0 Å². The van der Waals surface area contributed by atoms with Gasteiger partial charge in [-0.15, -0.1) is 0 Å². The van der Waals surface area contributed by atoms with Gasteiger partial charge in [0.15, 0.2) is 0 Å². The highest BCUT2D eigenvalue weighted by Crippen LogP contribution is 2.27. The summed E-state index contributed by atoms with van der Waals surface area (Å²) >= 11 is 0. The molecule has 0 spiro atoms. The monoisotopic (exact) mass is 188 g/mol. The lowest BCUT2D eigenvalue weighted by atomic mass is 9.90. The molecular weight excluding hydrogens is 172 g/mol. The first kappa shape index (κ1) is 9.41. The van der Waals surface area contributed by atoms with Crippen molar-refractivity contribution in [3.05, 3.63) is 35.7 Å². The van der Waals surface area contributed by atoms with Crippen LogP contribution in [0.3, 0.4) is 0 Å². The fraction of sp³-hybridized carbons (Fsp3) is 0.417. The fourth-order valence-corrected chi connectivity index (χ4v) is 1.90. The molecule has 0 aliphatic heterocycles. The number of nitrogens with zero attached hydrogens (tertiary/aromatic N) is 1. The summed E-state index contributed by atoms with van der Waals surface area (Å²) in [7, 11) is 0. The van der Waals surface area contributed by atoms with Gasteiger partial charge in [0.05, 0.1) is 0 Å². The Kier molecular flexibility index (Phi) is 2.64. The summed E-state index contributed by atoms with van der Waals surface area (Å²) in [5.41, 5.74) is 9.87.